The van der Waals surface area contributed by atoms with Gasteiger partial charge in [-0.2, -0.15) is 0 Å². The maximum Gasteiger partial charge on any atom is 0.305 e. The van der Waals surface area contributed by atoms with Crippen LogP contribution in [0.25, 0.3) is 0 Å². The molecule has 0 spiro atoms. The lowest BCUT2D eigenvalue weighted by Gasteiger charge is -2.09. The van der Waals surface area contributed by atoms with Gasteiger partial charge in [-0.05, 0) is 31.6 Å². The molecule has 16 heavy (non-hydrogen) atoms. The Morgan fingerprint density at radius 2 is 1.94 bits per heavy atom. The monoisotopic (exact) mass is 226 g/mol. The maximum absolute atomic E-state index is 11.1. The minimum absolute atomic E-state index is 0.0274. The molecule has 2 heteroatoms. The molecule has 0 N–H and O–H groups in total. The van der Waals surface area contributed by atoms with Crippen LogP contribution in [0.5, 0.6) is 0 Å². The first kappa shape index (κ1) is 13.5. The van der Waals surface area contributed by atoms with E-state index in [2.05, 4.69) is 6.92 Å². The van der Waals surface area contributed by atoms with Crippen LogP contribution in [0.15, 0.2) is 0 Å². The fraction of sp³-hybridized carbons (Fsp3) is 0.929. The van der Waals surface area contributed by atoms with Crippen molar-refractivity contribution in [3.63, 3.8) is 0 Å². The number of carbonyl (C=O) groups excluding carboxylic acids is 1. The zero-order valence-electron chi connectivity index (χ0n) is 10.8. The smallest absolute Gasteiger partial charge is 0.305 e. The van der Waals surface area contributed by atoms with Gasteiger partial charge in [0.2, 0.25) is 0 Å². The first-order valence-corrected chi connectivity index (χ1v) is 6.91. The second-order valence-corrected chi connectivity index (χ2v) is 5.00. The molecule has 0 radical (unpaired) electrons. The highest BCUT2D eigenvalue weighted by molar-refractivity contribution is 5.69. The van der Waals surface area contributed by atoms with Crippen LogP contribution >= 0.6 is 0 Å². The third-order valence-corrected chi connectivity index (χ3v) is 3.78. The van der Waals surface area contributed by atoms with Crippen molar-refractivity contribution in [3.8, 4) is 0 Å². The second-order valence-electron chi connectivity index (χ2n) is 5.00. The molecule has 0 aromatic heterocycles. The zero-order valence-corrected chi connectivity index (χ0v) is 10.8. The van der Waals surface area contributed by atoms with Gasteiger partial charge in [0, 0.05) is 6.42 Å². The Hall–Kier alpha value is -0.530. The molecule has 0 aromatic rings. The van der Waals surface area contributed by atoms with Crippen molar-refractivity contribution < 1.29 is 9.53 Å². The Labute approximate surface area is 99.8 Å². The van der Waals surface area contributed by atoms with Gasteiger partial charge in [0.25, 0.3) is 0 Å². The zero-order chi connectivity index (χ0) is 11.8. The number of ether oxygens (including phenoxy) is 1. The van der Waals surface area contributed by atoms with E-state index >= 15 is 0 Å². The topological polar surface area (TPSA) is 26.3 Å². The van der Waals surface area contributed by atoms with Crippen LogP contribution in [0.3, 0.4) is 0 Å². The lowest BCUT2D eigenvalue weighted by molar-refractivity contribution is -0.143. The summed E-state index contributed by atoms with van der Waals surface area (Å²) in [6, 6.07) is 0. The molecule has 0 bridgehead atoms. The van der Waals surface area contributed by atoms with Crippen LogP contribution in [0.2, 0.25) is 0 Å². The number of rotatable bonds is 7. The lowest BCUT2D eigenvalue weighted by atomic mass is 9.97. The second kappa shape index (κ2) is 7.70. The summed E-state index contributed by atoms with van der Waals surface area (Å²) < 4.78 is 4.91. The van der Waals surface area contributed by atoms with E-state index in [9.17, 15) is 4.79 Å². The van der Waals surface area contributed by atoms with Crippen LogP contribution in [0.1, 0.15) is 65.2 Å². The summed E-state index contributed by atoms with van der Waals surface area (Å²) in [5.74, 6) is 1.89. The number of esters is 1. The first-order valence-electron chi connectivity index (χ1n) is 6.91. The Kier molecular flexibility index (Phi) is 6.51. The molecule has 1 aliphatic carbocycles. The normalized spacial score (nSPS) is 24.6. The van der Waals surface area contributed by atoms with E-state index < -0.39 is 0 Å². The molecular formula is C14H26O2. The maximum atomic E-state index is 11.1. The van der Waals surface area contributed by atoms with Crippen LogP contribution in [-0.2, 0) is 9.53 Å². The summed E-state index contributed by atoms with van der Waals surface area (Å²) in [5, 5.41) is 0. The van der Waals surface area contributed by atoms with E-state index in [1.807, 2.05) is 6.92 Å². The van der Waals surface area contributed by atoms with Crippen molar-refractivity contribution in [1.82, 2.24) is 0 Å². The highest BCUT2D eigenvalue weighted by atomic mass is 16.5. The van der Waals surface area contributed by atoms with E-state index in [-0.39, 0.29) is 5.97 Å². The largest absolute Gasteiger partial charge is 0.466 e. The molecule has 2 unspecified atom stereocenters. The van der Waals surface area contributed by atoms with Crippen LogP contribution < -0.4 is 0 Å². The van der Waals surface area contributed by atoms with Crippen molar-refractivity contribution in [2.75, 3.05) is 6.61 Å². The van der Waals surface area contributed by atoms with Gasteiger partial charge in [-0.1, -0.05) is 39.0 Å². The molecule has 2 atom stereocenters. The first-order chi connectivity index (χ1) is 7.76. The van der Waals surface area contributed by atoms with Gasteiger partial charge in [0.1, 0.15) is 0 Å². The predicted octanol–water partition coefficient (Wildman–Crippen LogP) is 3.94. The molecule has 1 fully saturated rings. The molecule has 1 rings (SSSR count). The molecule has 0 heterocycles. The minimum atomic E-state index is -0.0274. The summed E-state index contributed by atoms with van der Waals surface area (Å²) in [6.45, 7) is 4.68. The molecule has 0 aromatic carbocycles. The van der Waals surface area contributed by atoms with Gasteiger partial charge >= 0.3 is 5.97 Å². The Bertz CT molecular complexity index is 201. The van der Waals surface area contributed by atoms with Crippen molar-refractivity contribution in [1.29, 1.82) is 0 Å². The average molecular weight is 226 g/mol. The van der Waals surface area contributed by atoms with Crippen LogP contribution in [0.4, 0.5) is 0 Å². The highest BCUT2D eigenvalue weighted by Crippen LogP contribution is 2.35. The third kappa shape index (κ3) is 5.00. The van der Waals surface area contributed by atoms with E-state index in [1.54, 1.807) is 0 Å². The Morgan fingerprint density at radius 3 is 2.56 bits per heavy atom. The van der Waals surface area contributed by atoms with E-state index in [0.717, 1.165) is 18.3 Å². The quantitative estimate of drug-likeness (QED) is 0.485. The van der Waals surface area contributed by atoms with Gasteiger partial charge < -0.3 is 4.74 Å². The van der Waals surface area contributed by atoms with Crippen molar-refractivity contribution >= 4 is 5.97 Å². The van der Waals surface area contributed by atoms with E-state index in [4.69, 9.17) is 4.74 Å². The standard InChI is InChI=1S/C14H26O2/c1-3-12-9-10-13(11-12)7-5-6-8-14(15)16-4-2/h12-13H,3-11H2,1-2H3. The van der Waals surface area contributed by atoms with Crippen LogP contribution in [-0.4, -0.2) is 12.6 Å². The molecular weight excluding hydrogens is 200 g/mol. The van der Waals surface area contributed by atoms with Gasteiger partial charge in [-0.15, -0.1) is 0 Å². The Balaban J connectivity index is 1.97. The number of hydrogen-bond donors (Lipinski definition) is 0. The fourth-order valence-electron chi connectivity index (χ4n) is 2.75. The Morgan fingerprint density at radius 1 is 1.19 bits per heavy atom. The average Bonchev–Trinajstić information content (AvgIpc) is 2.73. The summed E-state index contributed by atoms with van der Waals surface area (Å²) in [6.07, 6.45) is 9.74. The summed E-state index contributed by atoms with van der Waals surface area (Å²) >= 11 is 0. The summed E-state index contributed by atoms with van der Waals surface area (Å²) in [7, 11) is 0. The third-order valence-electron chi connectivity index (χ3n) is 3.78. The number of unbranched alkanes of at least 4 members (excludes halogenated alkanes) is 1. The SMILES string of the molecule is CCOC(=O)CCCCC1CCC(CC)C1. The molecule has 1 saturated carbocycles. The fourth-order valence-corrected chi connectivity index (χ4v) is 2.75. The van der Waals surface area contributed by atoms with Crippen LogP contribution in [0, 0.1) is 11.8 Å². The molecule has 0 aliphatic heterocycles. The van der Waals surface area contributed by atoms with Crippen molar-refractivity contribution in [2.24, 2.45) is 11.8 Å². The molecule has 94 valence electrons. The van der Waals surface area contributed by atoms with Crippen molar-refractivity contribution in [2.45, 2.75) is 65.2 Å². The van der Waals surface area contributed by atoms with Gasteiger partial charge in [-0.3, -0.25) is 4.79 Å². The molecule has 1 aliphatic rings. The highest BCUT2D eigenvalue weighted by Gasteiger charge is 2.22. The van der Waals surface area contributed by atoms with E-state index in [0.29, 0.717) is 13.0 Å². The van der Waals surface area contributed by atoms with E-state index in [1.165, 1.54) is 38.5 Å². The van der Waals surface area contributed by atoms with Gasteiger partial charge in [-0.25, -0.2) is 0 Å². The number of hydrogen-bond acceptors (Lipinski definition) is 2. The number of carbonyl (C=O) groups is 1. The minimum Gasteiger partial charge on any atom is -0.466 e. The van der Waals surface area contributed by atoms with Gasteiger partial charge in [0.05, 0.1) is 6.61 Å². The molecule has 0 amide bonds. The lowest BCUT2D eigenvalue weighted by Crippen LogP contribution is -2.04. The van der Waals surface area contributed by atoms with Crippen molar-refractivity contribution in [3.05, 3.63) is 0 Å². The summed E-state index contributed by atoms with van der Waals surface area (Å²) in [4.78, 5) is 11.1. The summed E-state index contributed by atoms with van der Waals surface area (Å²) in [5.41, 5.74) is 0. The molecule has 0 saturated heterocycles. The van der Waals surface area contributed by atoms with Gasteiger partial charge in [0.15, 0.2) is 0 Å². The predicted molar refractivity (Wildman–Crippen MR) is 66.2 cm³/mol. The molecule has 2 nitrogen and oxygen atoms in total.